The highest BCUT2D eigenvalue weighted by atomic mass is 31.2. The Labute approximate surface area is 303 Å². The van der Waals surface area contributed by atoms with Gasteiger partial charge in [0, 0.05) is 11.7 Å². The molecule has 3 aliphatic heterocycles. The molecule has 1 aliphatic carbocycles. The minimum Gasteiger partial charge on any atom is -0.460 e. The second kappa shape index (κ2) is 13.9. The maximum Gasteiger partial charge on any atom is 0.356 e. The predicted octanol–water partition coefficient (Wildman–Crippen LogP) is 4.21. The first kappa shape index (κ1) is 35.9. The third kappa shape index (κ3) is 6.56. The fourth-order valence-corrected chi connectivity index (χ4v) is 9.19. The van der Waals surface area contributed by atoms with Gasteiger partial charge in [-0.2, -0.15) is 0 Å². The van der Waals surface area contributed by atoms with Crippen LogP contribution in [-0.4, -0.2) is 89.0 Å². The van der Waals surface area contributed by atoms with Crippen molar-refractivity contribution in [1.82, 2.24) is 39.0 Å². The summed E-state index contributed by atoms with van der Waals surface area (Å²) >= 11 is 0. The number of ether oxygens (including phenoxy) is 4. The molecule has 0 bridgehead atoms. The number of rotatable bonds is 7. The van der Waals surface area contributed by atoms with Gasteiger partial charge in [0.25, 0.3) is 0 Å². The molecule has 0 radical (unpaired) electrons. The Morgan fingerprint density at radius 1 is 0.943 bits per heavy atom. The number of fused-ring (bicyclic) bond motifs is 3. The lowest BCUT2D eigenvalue weighted by Crippen LogP contribution is -2.40. The number of carbonyl (C=O) groups is 1. The van der Waals surface area contributed by atoms with E-state index in [0.717, 1.165) is 19.3 Å². The van der Waals surface area contributed by atoms with Gasteiger partial charge in [0.05, 0.1) is 30.8 Å². The summed E-state index contributed by atoms with van der Waals surface area (Å²) < 4.78 is 70.6. The number of anilines is 2. The van der Waals surface area contributed by atoms with E-state index in [-0.39, 0.29) is 47.8 Å². The Bertz CT molecular complexity index is 2080. The molecule has 53 heavy (non-hydrogen) atoms. The predicted molar refractivity (Wildman–Crippen MR) is 185 cm³/mol. The van der Waals surface area contributed by atoms with Crippen LogP contribution in [0.4, 0.5) is 16.0 Å². The van der Waals surface area contributed by atoms with Gasteiger partial charge in [-0.25, -0.2) is 34.3 Å². The largest absolute Gasteiger partial charge is 0.460 e. The van der Waals surface area contributed by atoms with Gasteiger partial charge in [0.2, 0.25) is 6.29 Å². The number of esters is 1. The fourth-order valence-electron chi connectivity index (χ4n) is 7.58. The number of aromatic nitrogens is 8. The van der Waals surface area contributed by atoms with Crippen LogP contribution in [0, 0.1) is 17.3 Å². The third-order valence-electron chi connectivity index (χ3n) is 10.9. The van der Waals surface area contributed by atoms with Crippen LogP contribution in [0.25, 0.3) is 22.3 Å². The first-order valence-corrected chi connectivity index (χ1v) is 19.3. The molecule has 7 heterocycles. The van der Waals surface area contributed by atoms with Gasteiger partial charge in [-0.15, -0.1) is 0 Å². The van der Waals surface area contributed by atoms with Gasteiger partial charge in [-0.05, 0) is 31.8 Å². The molecule has 1 saturated carbocycles. The Morgan fingerprint density at radius 2 is 1.58 bits per heavy atom. The summed E-state index contributed by atoms with van der Waals surface area (Å²) in [7, 11) is -4.36. The van der Waals surface area contributed by atoms with E-state index in [4.69, 9.17) is 39.5 Å². The van der Waals surface area contributed by atoms with E-state index < -0.39 is 62.2 Å². The third-order valence-corrected chi connectivity index (χ3v) is 12.5. The Balaban J connectivity index is 1.06. The molecule has 18 nitrogen and oxygen atoms in total. The van der Waals surface area contributed by atoms with Crippen molar-refractivity contribution in [1.29, 1.82) is 0 Å². The minimum absolute atomic E-state index is 0.0542. The summed E-state index contributed by atoms with van der Waals surface area (Å²) in [5, 5.41) is 0. The Kier molecular flexibility index (Phi) is 9.43. The maximum absolute atomic E-state index is 16.4. The molecule has 4 fully saturated rings. The zero-order chi connectivity index (χ0) is 37.1. The molecule has 4 aromatic rings. The van der Waals surface area contributed by atoms with Crippen LogP contribution in [0.3, 0.4) is 0 Å². The van der Waals surface area contributed by atoms with Crippen molar-refractivity contribution in [3.8, 4) is 0 Å². The topological polar surface area (TPSA) is 229 Å². The minimum atomic E-state index is -4.36. The Hall–Kier alpha value is -4.13. The van der Waals surface area contributed by atoms with E-state index in [1.54, 1.807) is 17.0 Å². The molecule has 3 saturated heterocycles. The SMILES string of the molecule is C[C@@H]1[C@H](C)[C@@H](/C=C/P2(=O)OC(COC(=O)C3(C)CCCCC3)OC[C@H]3O[C@@H](n4cnc5c(N)ncnc54)[C@H](F)[C@@H]3O2)O[C@H]1n1cnc2c(N)ncnc21. The second-order valence-electron chi connectivity index (χ2n) is 14.4. The summed E-state index contributed by atoms with van der Waals surface area (Å²) in [6.45, 7) is 5.30. The number of alkyl halides is 1. The number of nitrogens with two attached hydrogens (primary N) is 2. The molecule has 10 atom stereocenters. The van der Waals surface area contributed by atoms with Crippen LogP contribution in [0.2, 0.25) is 0 Å². The monoisotopic (exact) mass is 756 g/mol. The normalized spacial score (nSPS) is 34.7. The van der Waals surface area contributed by atoms with E-state index in [1.807, 2.05) is 20.8 Å². The maximum atomic E-state index is 16.4. The molecule has 284 valence electrons. The highest BCUT2D eigenvalue weighted by molar-refractivity contribution is 7.57. The first-order chi connectivity index (χ1) is 25.4. The number of hydrogen-bond acceptors (Lipinski definition) is 16. The summed E-state index contributed by atoms with van der Waals surface area (Å²) in [5.74, 6) is 1.08. The molecular formula is C33H42FN10O8P. The lowest BCUT2D eigenvalue weighted by Gasteiger charge is -2.33. The van der Waals surface area contributed by atoms with E-state index in [0.29, 0.717) is 24.0 Å². The van der Waals surface area contributed by atoms with E-state index in [9.17, 15) is 9.36 Å². The summed E-state index contributed by atoms with van der Waals surface area (Å²) in [6, 6.07) is 0. The number of halogens is 1. The summed E-state index contributed by atoms with van der Waals surface area (Å²) in [5.41, 5.74) is 12.8. The van der Waals surface area contributed by atoms with Crippen LogP contribution >= 0.6 is 7.60 Å². The highest BCUT2D eigenvalue weighted by Crippen LogP contribution is 2.57. The standard InChI is InChI=1S/C33H42FN10O8P/c1-17-18(2)30(43-15-41-23-26(35)37-13-39-28(23)43)49-19(17)7-10-53(46)51-21(12-48-32(45)33(3)8-5-4-6-9-33)47-11-20-25(52-53)22(34)31(50-20)44-16-42-24-27(36)38-14-40-29(24)44/h7,10,13-22,25,30-31H,4-6,8-9,11-12H2,1-3H3,(H2,35,37,39)(H2,36,38,40)/b10-7+/t17-,18+,19+,20+,21?,22+,25+,30+,31+,53?/m0/s1. The van der Waals surface area contributed by atoms with Crippen molar-refractivity contribution in [2.45, 2.75) is 96.1 Å². The van der Waals surface area contributed by atoms with Crippen LogP contribution in [-0.2, 0) is 37.4 Å². The lowest BCUT2D eigenvalue weighted by molar-refractivity contribution is -0.185. The number of hydrogen-bond donors (Lipinski definition) is 2. The van der Waals surface area contributed by atoms with Crippen molar-refractivity contribution in [3.05, 3.63) is 37.2 Å². The Morgan fingerprint density at radius 3 is 2.25 bits per heavy atom. The van der Waals surface area contributed by atoms with E-state index >= 15 is 4.39 Å². The van der Waals surface area contributed by atoms with Gasteiger partial charge >= 0.3 is 13.6 Å². The zero-order valence-electron chi connectivity index (χ0n) is 29.4. The van der Waals surface area contributed by atoms with Crippen LogP contribution < -0.4 is 11.5 Å². The van der Waals surface area contributed by atoms with Gasteiger partial charge in [-0.3, -0.25) is 27.5 Å². The second-order valence-corrected chi connectivity index (χ2v) is 16.2. The molecule has 8 rings (SSSR count). The van der Waals surface area contributed by atoms with Gasteiger partial charge in [0.1, 0.15) is 48.7 Å². The van der Waals surface area contributed by atoms with Crippen LogP contribution in [0.1, 0.15) is 65.3 Å². The van der Waals surface area contributed by atoms with Crippen molar-refractivity contribution in [3.63, 3.8) is 0 Å². The van der Waals surface area contributed by atoms with Crippen LogP contribution in [0.5, 0.6) is 0 Å². The lowest BCUT2D eigenvalue weighted by atomic mass is 9.76. The highest BCUT2D eigenvalue weighted by Gasteiger charge is 2.52. The number of imidazole rings is 2. The van der Waals surface area contributed by atoms with Crippen LogP contribution in [0.15, 0.2) is 37.2 Å². The van der Waals surface area contributed by atoms with Crippen molar-refractivity contribution >= 4 is 47.5 Å². The van der Waals surface area contributed by atoms with Gasteiger partial charge < -0.3 is 30.4 Å². The quantitative estimate of drug-likeness (QED) is 0.199. The van der Waals surface area contributed by atoms with Crippen molar-refractivity contribution < 1.29 is 41.7 Å². The molecular weight excluding hydrogens is 714 g/mol. The average molecular weight is 757 g/mol. The number of carbonyl (C=O) groups excluding carboxylic acids is 1. The van der Waals surface area contributed by atoms with Crippen molar-refractivity contribution in [2.24, 2.45) is 17.3 Å². The molecule has 0 amide bonds. The molecule has 4 aromatic heterocycles. The molecule has 4 aliphatic rings. The van der Waals surface area contributed by atoms with Gasteiger partial charge in [0.15, 0.2) is 35.3 Å². The summed E-state index contributed by atoms with van der Waals surface area (Å²) in [4.78, 5) is 38.3. The van der Waals surface area contributed by atoms with E-state index in [1.165, 1.54) is 29.4 Å². The summed E-state index contributed by atoms with van der Waals surface area (Å²) in [6.07, 6.45) is 3.45. The smallest absolute Gasteiger partial charge is 0.356 e. The zero-order valence-corrected chi connectivity index (χ0v) is 30.3. The van der Waals surface area contributed by atoms with Crippen molar-refractivity contribution in [2.75, 3.05) is 24.7 Å². The molecule has 20 heteroatoms. The fraction of sp³-hybridized carbons (Fsp3) is 0.606. The molecule has 0 aromatic carbocycles. The molecule has 4 N–H and O–H groups in total. The number of nitrogens with zero attached hydrogens (tertiary/aromatic N) is 8. The van der Waals surface area contributed by atoms with E-state index in [2.05, 4.69) is 29.9 Å². The van der Waals surface area contributed by atoms with Gasteiger partial charge in [-0.1, -0.05) is 33.1 Å². The molecule has 0 spiro atoms. The number of nitrogen functional groups attached to an aromatic ring is 2. The first-order valence-electron chi connectivity index (χ1n) is 17.7. The molecule has 2 unspecified atom stereocenters. The average Bonchev–Trinajstić information content (AvgIpc) is 3.90.